The molecular formula is C19H15NO2. The minimum Gasteiger partial charge on any atom is -0.495 e. The molecule has 0 heterocycles. The second-order valence-corrected chi connectivity index (χ2v) is 5.54. The second-order valence-electron chi connectivity index (χ2n) is 5.54. The molecule has 0 amide bonds. The van der Waals surface area contributed by atoms with Gasteiger partial charge in [0.25, 0.3) is 0 Å². The Morgan fingerprint density at radius 1 is 0.955 bits per heavy atom. The minimum absolute atomic E-state index is 0.0759. The van der Waals surface area contributed by atoms with E-state index in [4.69, 9.17) is 10.5 Å². The average molecular weight is 289 g/mol. The SMILES string of the molecule is COc1ccc2c3c(ccc2c1N)Cc1ccccc1C3=O. The summed E-state index contributed by atoms with van der Waals surface area (Å²) in [6, 6.07) is 15.5. The molecule has 3 nitrogen and oxygen atoms in total. The van der Waals surface area contributed by atoms with Crippen molar-refractivity contribution in [3.8, 4) is 5.75 Å². The lowest BCUT2D eigenvalue weighted by Crippen LogP contribution is -2.15. The summed E-state index contributed by atoms with van der Waals surface area (Å²) in [6.45, 7) is 0. The number of fused-ring (bicyclic) bond motifs is 4. The minimum atomic E-state index is 0.0759. The maximum atomic E-state index is 12.9. The van der Waals surface area contributed by atoms with E-state index in [1.807, 2.05) is 48.5 Å². The van der Waals surface area contributed by atoms with Crippen molar-refractivity contribution in [2.75, 3.05) is 12.8 Å². The molecule has 1 aliphatic carbocycles. The van der Waals surface area contributed by atoms with Crippen LogP contribution in [0.3, 0.4) is 0 Å². The average Bonchev–Trinajstić information content (AvgIpc) is 2.55. The van der Waals surface area contributed by atoms with E-state index in [-0.39, 0.29) is 5.78 Å². The number of anilines is 1. The summed E-state index contributed by atoms with van der Waals surface area (Å²) in [5.41, 5.74) is 10.4. The molecule has 0 unspecified atom stereocenters. The van der Waals surface area contributed by atoms with Gasteiger partial charge in [0.15, 0.2) is 5.78 Å². The predicted octanol–water partition coefficient (Wildman–Crippen LogP) is 3.57. The molecule has 108 valence electrons. The van der Waals surface area contributed by atoms with E-state index < -0.39 is 0 Å². The number of methoxy groups -OCH3 is 1. The van der Waals surface area contributed by atoms with Crippen LogP contribution in [0.2, 0.25) is 0 Å². The summed E-state index contributed by atoms with van der Waals surface area (Å²) in [6.07, 6.45) is 0.777. The summed E-state index contributed by atoms with van der Waals surface area (Å²) >= 11 is 0. The highest BCUT2D eigenvalue weighted by Crippen LogP contribution is 2.37. The van der Waals surface area contributed by atoms with Crippen LogP contribution >= 0.6 is 0 Å². The standard InChI is InChI=1S/C19H15NO2/c1-22-16-9-8-14-15(18(16)20)7-6-12-10-11-4-2-3-5-13(11)19(21)17(12)14/h2-9H,10,20H2,1H3. The quantitative estimate of drug-likeness (QED) is 0.545. The Hall–Kier alpha value is -2.81. The van der Waals surface area contributed by atoms with Gasteiger partial charge in [0, 0.05) is 16.5 Å². The third kappa shape index (κ3) is 1.65. The third-order valence-electron chi connectivity index (χ3n) is 4.38. The van der Waals surface area contributed by atoms with Crippen LogP contribution in [-0.2, 0) is 6.42 Å². The van der Waals surface area contributed by atoms with Crippen LogP contribution in [0.25, 0.3) is 10.8 Å². The molecule has 0 radical (unpaired) electrons. The number of nitrogens with two attached hydrogens (primary N) is 1. The lowest BCUT2D eigenvalue weighted by Gasteiger charge is -2.21. The van der Waals surface area contributed by atoms with Crippen molar-refractivity contribution in [3.05, 3.63) is 70.8 Å². The van der Waals surface area contributed by atoms with Gasteiger partial charge in [-0.3, -0.25) is 4.79 Å². The fraction of sp³-hybridized carbons (Fsp3) is 0.105. The third-order valence-corrected chi connectivity index (χ3v) is 4.38. The van der Waals surface area contributed by atoms with Gasteiger partial charge in [-0.25, -0.2) is 0 Å². The van der Waals surface area contributed by atoms with Crippen molar-refractivity contribution >= 4 is 22.2 Å². The molecule has 0 saturated carbocycles. The number of carbonyl (C=O) groups is 1. The lowest BCUT2D eigenvalue weighted by molar-refractivity contribution is 0.103. The number of hydrogen-bond donors (Lipinski definition) is 1. The first-order valence-corrected chi connectivity index (χ1v) is 7.21. The van der Waals surface area contributed by atoms with E-state index >= 15 is 0 Å². The first-order valence-electron chi connectivity index (χ1n) is 7.21. The Morgan fingerprint density at radius 3 is 2.55 bits per heavy atom. The number of hydrogen-bond acceptors (Lipinski definition) is 3. The number of nitrogen functional groups attached to an aromatic ring is 1. The number of rotatable bonds is 1. The normalized spacial score (nSPS) is 12.9. The van der Waals surface area contributed by atoms with E-state index in [9.17, 15) is 4.79 Å². The van der Waals surface area contributed by atoms with Crippen molar-refractivity contribution in [2.45, 2.75) is 6.42 Å². The summed E-state index contributed by atoms with van der Waals surface area (Å²) in [5.74, 6) is 0.711. The molecule has 2 N–H and O–H groups in total. The monoisotopic (exact) mass is 289 g/mol. The Labute approximate surface area is 128 Å². The first kappa shape index (κ1) is 12.9. The van der Waals surface area contributed by atoms with Crippen molar-refractivity contribution in [2.24, 2.45) is 0 Å². The summed E-state index contributed by atoms with van der Waals surface area (Å²) in [4.78, 5) is 12.9. The first-order chi connectivity index (χ1) is 10.7. The number of ketones is 1. The zero-order valence-corrected chi connectivity index (χ0v) is 12.2. The summed E-state index contributed by atoms with van der Waals surface area (Å²) in [7, 11) is 1.59. The van der Waals surface area contributed by atoms with Gasteiger partial charge in [0.1, 0.15) is 5.75 Å². The molecule has 3 heteroatoms. The van der Waals surface area contributed by atoms with Crippen LogP contribution < -0.4 is 10.5 Å². The molecular weight excluding hydrogens is 274 g/mol. The topological polar surface area (TPSA) is 52.3 Å². The van der Waals surface area contributed by atoms with Crippen LogP contribution in [0, 0.1) is 0 Å². The van der Waals surface area contributed by atoms with Crippen LogP contribution in [-0.4, -0.2) is 12.9 Å². The summed E-state index contributed by atoms with van der Waals surface area (Å²) in [5, 5.41) is 1.76. The number of benzene rings is 3. The fourth-order valence-electron chi connectivity index (χ4n) is 3.28. The predicted molar refractivity (Wildman–Crippen MR) is 87.6 cm³/mol. The molecule has 0 spiro atoms. The highest BCUT2D eigenvalue weighted by molar-refractivity contribution is 6.20. The van der Waals surface area contributed by atoms with Crippen molar-refractivity contribution in [1.82, 2.24) is 0 Å². The van der Waals surface area contributed by atoms with Crippen molar-refractivity contribution < 1.29 is 9.53 Å². The molecule has 3 aromatic rings. The van der Waals surface area contributed by atoms with E-state index in [0.717, 1.165) is 39.4 Å². The Bertz CT molecular complexity index is 928. The van der Waals surface area contributed by atoms with Crippen molar-refractivity contribution in [1.29, 1.82) is 0 Å². The van der Waals surface area contributed by atoms with Crippen LogP contribution in [0.15, 0.2) is 48.5 Å². The largest absolute Gasteiger partial charge is 0.495 e. The zero-order chi connectivity index (χ0) is 15.3. The molecule has 0 saturated heterocycles. The van der Waals surface area contributed by atoms with Gasteiger partial charge in [0.2, 0.25) is 0 Å². The number of carbonyl (C=O) groups excluding carboxylic acids is 1. The molecule has 0 aliphatic heterocycles. The van der Waals surface area contributed by atoms with Gasteiger partial charge in [-0.05, 0) is 35.1 Å². The fourth-order valence-corrected chi connectivity index (χ4v) is 3.28. The van der Waals surface area contributed by atoms with E-state index in [0.29, 0.717) is 11.4 Å². The van der Waals surface area contributed by atoms with E-state index in [1.165, 1.54) is 0 Å². The lowest BCUT2D eigenvalue weighted by atomic mass is 9.82. The Morgan fingerprint density at radius 2 is 1.73 bits per heavy atom. The van der Waals surface area contributed by atoms with Gasteiger partial charge in [-0.2, -0.15) is 0 Å². The van der Waals surface area contributed by atoms with Crippen LogP contribution in [0.1, 0.15) is 27.0 Å². The smallest absolute Gasteiger partial charge is 0.194 e. The zero-order valence-electron chi connectivity index (χ0n) is 12.2. The van der Waals surface area contributed by atoms with Gasteiger partial charge < -0.3 is 10.5 Å². The van der Waals surface area contributed by atoms with Crippen LogP contribution in [0.5, 0.6) is 5.75 Å². The second kappa shape index (κ2) is 4.60. The van der Waals surface area contributed by atoms with E-state index in [2.05, 4.69) is 0 Å². The molecule has 0 fully saturated rings. The highest BCUT2D eigenvalue weighted by Gasteiger charge is 2.25. The van der Waals surface area contributed by atoms with Gasteiger partial charge in [0.05, 0.1) is 12.8 Å². The maximum Gasteiger partial charge on any atom is 0.194 e. The molecule has 0 aromatic heterocycles. The molecule has 4 rings (SSSR count). The number of ether oxygens (including phenoxy) is 1. The molecule has 0 bridgehead atoms. The van der Waals surface area contributed by atoms with E-state index in [1.54, 1.807) is 7.11 Å². The van der Waals surface area contributed by atoms with Gasteiger partial charge in [-0.15, -0.1) is 0 Å². The molecule has 0 atom stereocenters. The van der Waals surface area contributed by atoms with Crippen molar-refractivity contribution in [3.63, 3.8) is 0 Å². The Kier molecular flexibility index (Phi) is 2.70. The molecule has 22 heavy (non-hydrogen) atoms. The summed E-state index contributed by atoms with van der Waals surface area (Å²) < 4.78 is 5.27. The molecule has 3 aromatic carbocycles. The highest BCUT2D eigenvalue weighted by atomic mass is 16.5. The maximum absolute atomic E-state index is 12.9. The Balaban J connectivity index is 2.03. The van der Waals surface area contributed by atoms with Gasteiger partial charge in [-0.1, -0.05) is 36.4 Å². The van der Waals surface area contributed by atoms with Crippen LogP contribution in [0.4, 0.5) is 5.69 Å². The molecule has 1 aliphatic rings. The van der Waals surface area contributed by atoms with Gasteiger partial charge >= 0.3 is 0 Å².